The van der Waals surface area contributed by atoms with Gasteiger partial charge in [-0.1, -0.05) is 32.9 Å². The van der Waals surface area contributed by atoms with E-state index in [4.69, 9.17) is 0 Å². The molecule has 0 aliphatic carbocycles. The Morgan fingerprint density at radius 3 is 2.37 bits per heavy atom. The highest BCUT2D eigenvalue weighted by Gasteiger charge is 2.43. The summed E-state index contributed by atoms with van der Waals surface area (Å²) in [5, 5.41) is 12.4. The van der Waals surface area contributed by atoms with Crippen molar-refractivity contribution in [3.8, 4) is 0 Å². The lowest BCUT2D eigenvalue weighted by Crippen LogP contribution is -2.42. The number of carbonyl (C=O) groups is 1. The zero-order valence-electron chi connectivity index (χ0n) is 11.2. The minimum atomic E-state index is -0.867. The Balaban J connectivity index is 2.27. The lowest BCUT2D eigenvalue weighted by molar-refractivity contribution is -0.139. The number of nitrogens with one attached hydrogen (secondary N) is 1. The van der Waals surface area contributed by atoms with Crippen molar-refractivity contribution in [1.82, 2.24) is 5.32 Å². The van der Waals surface area contributed by atoms with E-state index >= 15 is 0 Å². The van der Waals surface area contributed by atoms with E-state index in [1.54, 1.807) is 23.9 Å². The van der Waals surface area contributed by atoms with Gasteiger partial charge in [-0.15, -0.1) is 11.8 Å². The van der Waals surface area contributed by atoms with Gasteiger partial charge in [-0.3, -0.25) is 10.1 Å². The molecule has 1 aliphatic heterocycles. The number of halogens is 1. The van der Waals surface area contributed by atoms with Crippen LogP contribution in [0, 0.1) is 11.2 Å². The normalized spacial score (nSPS) is 27.5. The first-order valence-electron chi connectivity index (χ1n) is 6.19. The van der Waals surface area contributed by atoms with Gasteiger partial charge in [0.25, 0.3) is 0 Å². The molecular weight excluding hydrogens is 265 g/mol. The van der Waals surface area contributed by atoms with Gasteiger partial charge in [0.2, 0.25) is 0 Å². The molecule has 0 saturated carbocycles. The van der Waals surface area contributed by atoms with Crippen molar-refractivity contribution in [2.24, 2.45) is 5.41 Å². The van der Waals surface area contributed by atoms with Crippen LogP contribution in [0.3, 0.4) is 0 Å². The van der Waals surface area contributed by atoms with Gasteiger partial charge in [-0.05, 0) is 23.1 Å². The first-order valence-corrected chi connectivity index (χ1v) is 7.13. The Kier molecular flexibility index (Phi) is 3.87. The lowest BCUT2D eigenvalue weighted by atomic mass is 9.95. The molecule has 1 saturated heterocycles. The summed E-state index contributed by atoms with van der Waals surface area (Å²) in [6.45, 7) is 6.22. The summed E-state index contributed by atoms with van der Waals surface area (Å²) in [5.41, 5.74) is 0.811. The fraction of sp³-hybridized carbons (Fsp3) is 0.500. The molecule has 5 heteroatoms. The summed E-state index contributed by atoms with van der Waals surface area (Å²) >= 11 is 1.60. The lowest BCUT2D eigenvalue weighted by Gasteiger charge is -2.26. The van der Waals surface area contributed by atoms with Gasteiger partial charge in [-0.25, -0.2) is 4.39 Å². The average Bonchev–Trinajstić information content (AvgIpc) is 2.74. The quantitative estimate of drug-likeness (QED) is 0.876. The Morgan fingerprint density at radius 2 is 1.89 bits per heavy atom. The predicted octanol–water partition coefficient (Wildman–Crippen LogP) is 3.03. The Morgan fingerprint density at radius 1 is 1.32 bits per heavy atom. The Hall–Kier alpha value is -1.07. The van der Waals surface area contributed by atoms with Crippen LogP contribution in [0.2, 0.25) is 0 Å². The molecule has 0 radical (unpaired) electrons. The first kappa shape index (κ1) is 14.3. The van der Waals surface area contributed by atoms with Gasteiger partial charge in [0.05, 0.1) is 10.6 Å². The SMILES string of the molecule is CC(C)(C)C1N[C@H](C(=O)O)[C@@H](c2ccc(F)cc2)S1. The van der Waals surface area contributed by atoms with E-state index in [2.05, 4.69) is 26.1 Å². The largest absolute Gasteiger partial charge is 0.480 e. The molecule has 1 unspecified atom stereocenters. The number of carboxylic acids is 1. The highest BCUT2D eigenvalue weighted by Crippen LogP contribution is 2.46. The standard InChI is InChI=1S/C14H18FNO2S/c1-14(2,3)13-16-10(12(17)18)11(19-13)8-4-6-9(15)7-5-8/h4-7,10-11,13,16H,1-3H3,(H,17,18)/t10-,11+,13?/m0/s1. The van der Waals surface area contributed by atoms with E-state index in [1.165, 1.54) is 12.1 Å². The number of benzene rings is 1. The summed E-state index contributed by atoms with van der Waals surface area (Å²) in [6.07, 6.45) is 0. The molecule has 1 aliphatic rings. The van der Waals surface area contributed by atoms with E-state index in [9.17, 15) is 14.3 Å². The average molecular weight is 283 g/mol. The smallest absolute Gasteiger partial charge is 0.322 e. The highest BCUT2D eigenvalue weighted by atomic mass is 32.2. The number of rotatable bonds is 2. The van der Waals surface area contributed by atoms with Crippen LogP contribution in [-0.4, -0.2) is 22.5 Å². The van der Waals surface area contributed by atoms with E-state index in [0.29, 0.717) is 0 Å². The zero-order chi connectivity index (χ0) is 14.2. The van der Waals surface area contributed by atoms with Crippen molar-refractivity contribution in [3.63, 3.8) is 0 Å². The topological polar surface area (TPSA) is 49.3 Å². The molecule has 3 atom stereocenters. The second kappa shape index (κ2) is 5.13. The van der Waals surface area contributed by atoms with Crippen LogP contribution in [0.25, 0.3) is 0 Å². The molecule has 104 valence electrons. The van der Waals surface area contributed by atoms with E-state index in [0.717, 1.165) is 5.56 Å². The molecule has 1 aromatic carbocycles. The maximum Gasteiger partial charge on any atom is 0.322 e. The third kappa shape index (κ3) is 3.09. The second-order valence-electron chi connectivity index (χ2n) is 5.84. The van der Waals surface area contributed by atoms with Crippen LogP contribution in [0.1, 0.15) is 31.6 Å². The molecule has 0 bridgehead atoms. The number of hydrogen-bond donors (Lipinski definition) is 2. The molecule has 2 N–H and O–H groups in total. The van der Waals surface area contributed by atoms with Crippen LogP contribution >= 0.6 is 11.8 Å². The van der Waals surface area contributed by atoms with Crippen molar-refractivity contribution in [2.45, 2.75) is 37.4 Å². The summed E-state index contributed by atoms with van der Waals surface area (Å²) in [5.74, 6) is -1.17. The third-order valence-electron chi connectivity index (χ3n) is 3.17. The maximum atomic E-state index is 13.0. The number of carboxylic acid groups (broad SMARTS) is 1. The molecule has 19 heavy (non-hydrogen) atoms. The number of hydrogen-bond acceptors (Lipinski definition) is 3. The van der Waals surface area contributed by atoms with Gasteiger partial charge in [0.1, 0.15) is 11.9 Å². The fourth-order valence-corrected chi connectivity index (χ4v) is 3.69. The molecule has 1 fully saturated rings. The molecule has 3 nitrogen and oxygen atoms in total. The molecule has 0 aromatic heterocycles. The summed E-state index contributed by atoms with van der Waals surface area (Å²) in [4.78, 5) is 11.4. The van der Waals surface area contributed by atoms with Crippen molar-refractivity contribution < 1.29 is 14.3 Å². The van der Waals surface area contributed by atoms with Gasteiger partial charge in [-0.2, -0.15) is 0 Å². The predicted molar refractivity (Wildman–Crippen MR) is 74.5 cm³/mol. The molecule has 0 amide bonds. The summed E-state index contributed by atoms with van der Waals surface area (Å²) in [6, 6.07) is 5.43. The van der Waals surface area contributed by atoms with Crippen molar-refractivity contribution in [1.29, 1.82) is 0 Å². The van der Waals surface area contributed by atoms with E-state index in [-0.39, 0.29) is 21.9 Å². The highest BCUT2D eigenvalue weighted by molar-refractivity contribution is 8.00. The minimum Gasteiger partial charge on any atom is -0.480 e. The zero-order valence-corrected chi connectivity index (χ0v) is 12.0. The Labute approximate surface area is 116 Å². The number of thioether (sulfide) groups is 1. The van der Waals surface area contributed by atoms with Crippen LogP contribution in [-0.2, 0) is 4.79 Å². The second-order valence-corrected chi connectivity index (χ2v) is 7.09. The van der Waals surface area contributed by atoms with Gasteiger partial charge in [0.15, 0.2) is 0 Å². The van der Waals surface area contributed by atoms with E-state index in [1.807, 2.05) is 0 Å². The molecule has 2 rings (SSSR count). The molecule has 1 aromatic rings. The maximum absolute atomic E-state index is 13.0. The minimum absolute atomic E-state index is 0.0346. The summed E-state index contributed by atoms with van der Waals surface area (Å²) in [7, 11) is 0. The monoisotopic (exact) mass is 283 g/mol. The van der Waals surface area contributed by atoms with Crippen LogP contribution in [0.15, 0.2) is 24.3 Å². The fourth-order valence-electron chi connectivity index (χ4n) is 2.09. The van der Waals surface area contributed by atoms with Gasteiger partial charge >= 0.3 is 5.97 Å². The number of aliphatic carboxylic acids is 1. The first-order chi connectivity index (χ1) is 8.79. The van der Waals surface area contributed by atoms with E-state index < -0.39 is 12.0 Å². The van der Waals surface area contributed by atoms with Crippen LogP contribution in [0.4, 0.5) is 4.39 Å². The van der Waals surface area contributed by atoms with Gasteiger partial charge < -0.3 is 5.11 Å². The van der Waals surface area contributed by atoms with Crippen molar-refractivity contribution in [3.05, 3.63) is 35.6 Å². The van der Waals surface area contributed by atoms with Crippen molar-refractivity contribution in [2.75, 3.05) is 0 Å². The third-order valence-corrected chi connectivity index (χ3v) is 5.12. The molecule has 1 heterocycles. The van der Waals surface area contributed by atoms with Gasteiger partial charge in [0, 0.05) is 0 Å². The Bertz CT molecular complexity index is 469. The molecule has 0 spiro atoms. The molecular formula is C14H18FNO2S. The van der Waals surface area contributed by atoms with Crippen LogP contribution < -0.4 is 5.32 Å². The van der Waals surface area contributed by atoms with Crippen molar-refractivity contribution >= 4 is 17.7 Å². The van der Waals surface area contributed by atoms with Crippen LogP contribution in [0.5, 0.6) is 0 Å². The summed E-state index contributed by atoms with van der Waals surface area (Å²) < 4.78 is 13.0.